The molecule has 0 aliphatic carbocycles. The predicted molar refractivity (Wildman–Crippen MR) is 83.7 cm³/mol. The molecule has 0 unspecified atom stereocenters. The highest BCUT2D eigenvalue weighted by atomic mass is 16.6. The monoisotopic (exact) mass is 296 g/mol. The van der Waals surface area contributed by atoms with Crippen LogP contribution in [0.15, 0.2) is 30.3 Å². The summed E-state index contributed by atoms with van der Waals surface area (Å²) in [4.78, 5) is 0. The number of ether oxygens (including phenoxy) is 4. The van der Waals surface area contributed by atoms with Crippen LogP contribution in [0.5, 0.6) is 0 Å². The van der Waals surface area contributed by atoms with Crippen molar-refractivity contribution < 1.29 is 18.9 Å². The summed E-state index contributed by atoms with van der Waals surface area (Å²) in [6, 6.07) is 10.6. The molecule has 1 aromatic carbocycles. The Bertz CT molecular complexity index is 316. The van der Waals surface area contributed by atoms with Crippen LogP contribution in [-0.4, -0.2) is 53.4 Å². The Hall–Kier alpha value is -0.940. The Morgan fingerprint density at radius 1 is 0.667 bits per heavy atom. The fourth-order valence-corrected chi connectivity index (χ4v) is 1.86. The van der Waals surface area contributed by atoms with Crippen LogP contribution in [0.4, 0.5) is 0 Å². The van der Waals surface area contributed by atoms with Gasteiger partial charge in [0.25, 0.3) is 0 Å². The first kappa shape index (κ1) is 18.1. The zero-order valence-corrected chi connectivity index (χ0v) is 13.1. The molecule has 0 N–H and O–H groups in total. The minimum atomic E-state index is 0.612. The van der Waals surface area contributed by atoms with Gasteiger partial charge in [0.15, 0.2) is 0 Å². The first-order chi connectivity index (χ1) is 10.4. The van der Waals surface area contributed by atoms with Crippen LogP contribution in [0.1, 0.15) is 18.4 Å². The number of hydrogen-bond donors (Lipinski definition) is 0. The number of unbranched alkanes of at least 4 members (excludes halogenated alkanes) is 1. The topological polar surface area (TPSA) is 36.9 Å². The maximum atomic E-state index is 5.53. The van der Waals surface area contributed by atoms with Gasteiger partial charge in [-0.2, -0.15) is 0 Å². The van der Waals surface area contributed by atoms with Crippen LogP contribution < -0.4 is 0 Å². The first-order valence-electron chi connectivity index (χ1n) is 7.69. The lowest BCUT2D eigenvalue weighted by atomic mass is 10.1. The smallest absolute Gasteiger partial charge is 0.0701 e. The van der Waals surface area contributed by atoms with Gasteiger partial charge in [0.2, 0.25) is 0 Å². The summed E-state index contributed by atoms with van der Waals surface area (Å²) in [6.07, 6.45) is 3.38. The molecular formula is C17H28O4. The second kappa shape index (κ2) is 14.0. The molecule has 0 fully saturated rings. The van der Waals surface area contributed by atoms with Crippen LogP contribution >= 0.6 is 0 Å². The summed E-state index contributed by atoms with van der Waals surface area (Å²) in [7, 11) is 1.66. The summed E-state index contributed by atoms with van der Waals surface area (Å²) < 4.78 is 21.1. The predicted octanol–water partition coefficient (Wildman–Crippen LogP) is 2.71. The normalized spacial score (nSPS) is 10.9. The zero-order chi connectivity index (χ0) is 15.0. The molecular weight excluding hydrogens is 268 g/mol. The van der Waals surface area contributed by atoms with Crippen molar-refractivity contribution in [3.8, 4) is 0 Å². The summed E-state index contributed by atoms with van der Waals surface area (Å²) in [5.41, 5.74) is 1.40. The van der Waals surface area contributed by atoms with Gasteiger partial charge in [-0.15, -0.1) is 0 Å². The lowest BCUT2D eigenvalue weighted by Gasteiger charge is -2.06. The van der Waals surface area contributed by atoms with Crippen LogP contribution in [0.3, 0.4) is 0 Å². The molecule has 1 aromatic rings. The van der Waals surface area contributed by atoms with Crippen molar-refractivity contribution in [3.05, 3.63) is 35.9 Å². The van der Waals surface area contributed by atoms with E-state index in [-0.39, 0.29) is 0 Å². The molecule has 0 amide bonds. The summed E-state index contributed by atoms with van der Waals surface area (Å²) in [6.45, 7) is 4.57. The van der Waals surface area contributed by atoms with Gasteiger partial charge in [0, 0.05) is 13.7 Å². The maximum absolute atomic E-state index is 5.53. The maximum Gasteiger partial charge on any atom is 0.0701 e. The van der Waals surface area contributed by atoms with Crippen molar-refractivity contribution in [1.29, 1.82) is 0 Å². The molecule has 0 aliphatic heterocycles. The van der Waals surface area contributed by atoms with E-state index in [4.69, 9.17) is 18.9 Å². The quantitative estimate of drug-likeness (QED) is 0.495. The molecule has 0 saturated carbocycles. The molecule has 0 heterocycles. The van der Waals surface area contributed by atoms with Crippen molar-refractivity contribution in [1.82, 2.24) is 0 Å². The lowest BCUT2D eigenvalue weighted by molar-refractivity contribution is 0.00328. The molecule has 0 saturated heterocycles. The van der Waals surface area contributed by atoms with E-state index in [1.807, 2.05) is 0 Å². The Morgan fingerprint density at radius 2 is 1.24 bits per heavy atom. The van der Waals surface area contributed by atoms with Gasteiger partial charge in [0.05, 0.1) is 39.6 Å². The molecule has 0 aromatic heterocycles. The number of rotatable bonds is 14. The minimum absolute atomic E-state index is 0.612. The molecule has 0 bridgehead atoms. The zero-order valence-electron chi connectivity index (χ0n) is 13.1. The Balaban J connectivity index is 1.75. The third-order valence-electron chi connectivity index (χ3n) is 3.02. The van der Waals surface area contributed by atoms with E-state index >= 15 is 0 Å². The Kier molecular flexibility index (Phi) is 12.1. The van der Waals surface area contributed by atoms with Crippen LogP contribution in [0.25, 0.3) is 0 Å². The van der Waals surface area contributed by atoms with E-state index in [9.17, 15) is 0 Å². The average molecular weight is 296 g/mol. The minimum Gasteiger partial charge on any atom is -0.382 e. The third-order valence-corrected chi connectivity index (χ3v) is 3.02. The molecule has 0 spiro atoms. The van der Waals surface area contributed by atoms with Crippen molar-refractivity contribution in [2.45, 2.75) is 19.3 Å². The Morgan fingerprint density at radius 3 is 1.86 bits per heavy atom. The average Bonchev–Trinajstić information content (AvgIpc) is 2.53. The van der Waals surface area contributed by atoms with Gasteiger partial charge < -0.3 is 18.9 Å². The fraction of sp³-hybridized carbons (Fsp3) is 0.647. The van der Waals surface area contributed by atoms with E-state index < -0.39 is 0 Å². The summed E-state index contributed by atoms with van der Waals surface area (Å²) >= 11 is 0. The summed E-state index contributed by atoms with van der Waals surface area (Å²) in [5.74, 6) is 0. The molecule has 21 heavy (non-hydrogen) atoms. The highest BCUT2D eigenvalue weighted by molar-refractivity contribution is 5.14. The summed E-state index contributed by atoms with van der Waals surface area (Å²) in [5, 5.41) is 0. The molecule has 4 nitrogen and oxygen atoms in total. The highest BCUT2D eigenvalue weighted by Crippen LogP contribution is 2.04. The van der Waals surface area contributed by atoms with Crippen molar-refractivity contribution in [2.75, 3.05) is 53.4 Å². The van der Waals surface area contributed by atoms with Gasteiger partial charge >= 0.3 is 0 Å². The second-order valence-electron chi connectivity index (χ2n) is 4.77. The number of hydrogen-bond acceptors (Lipinski definition) is 4. The molecule has 4 heteroatoms. The molecule has 0 aliphatic rings. The van der Waals surface area contributed by atoms with Crippen LogP contribution in [-0.2, 0) is 25.4 Å². The van der Waals surface area contributed by atoms with Crippen LogP contribution in [0.2, 0.25) is 0 Å². The second-order valence-corrected chi connectivity index (χ2v) is 4.77. The molecule has 120 valence electrons. The van der Waals surface area contributed by atoms with E-state index in [1.54, 1.807) is 7.11 Å². The van der Waals surface area contributed by atoms with Crippen molar-refractivity contribution in [3.63, 3.8) is 0 Å². The van der Waals surface area contributed by atoms with Gasteiger partial charge in [-0.1, -0.05) is 30.3 Å². The SMILES string of the molecule is COCCOCCOCCOCCCCc1ccccc1. The van der Waals surface area contributed by atoms with Gasteiger partial charge in [-0.3, -0.25) is 0 Å². The fourth-order valence-electron chi connectivity index (χ4n) is 1.86. The lowest BCUT2D eigenvalue weighted by Crippen LogP contribution is -2.11. The molecule has 0 atom stereocenters. The highest BCUT2D eigenvalue weighted by Gasteiger charge is 1.94. The van der Waals surface area contributed by atoms with E-state index in [1.165, 1.54) is 5.56 Å². The third kappa shape index (κ3) is 11.4. The number of methoxy groups -OCH3 is 1. The van der Waals surface area contributed by atoms with Crippen molar-refractivity contribution >= 4 is 0 Å². The van der Waals surface area contributed by atoms with Crippen LogP contribution in [0, 0.1) is 0 Å². The number of aryl methyl sites for hydroxylation is 1. The van der Waals surface area contributed by atoms with E-state index in [2.05, 4.69) is 30.3 Å². The number of benzene rings is 1. The van der Waals surface area contributed by atoms with Gasteiger partial charge in [-0.05, 0) is 24.8 Å². The molecule has 0 radical (unpaired) electrons. The Labute approximate surface area is 128 Å². The van der Waals surface area contributed by atoms with Gasteiger partial charge in [-0.25, -0.2) is 0 Å². The largest absolute Gasteiger partial charge is 0.382 e. The molecule has 1 rings (SSSR count). The van der Waals surface area contributed by atoms with E-state index in [0.717, 1.165) is 25.9 Å². The van der Waals surface area contributed by atoms with E-state index in [0.29, 0.717) is 39.6 Å². The van der Waals surface area contributed by atoms with Crippen molar-refractivity contribution in [2.24, 2.45) is 0 Å². The first-order valence-corrected chi connectivity index (χ1v) is 7.69. The standard InChI is InChI=1S/C17H28O4/c1-18-11-12-20-15-16-21-14-13-19-10-6-5-9-17-7-3-2-4-8-17/h2-4,7-8H,5-6,9-16H2,1H3. The van der Waals surface area contributed by atoms with Gasteiger partial charge in [0.1, 0.15) is 0 Å².